The van der Waals surface area contributed by atoms with Crippen molar-refractivity contribution in [2.24, 2.45) is 0 Å². The van der Waals surface area contributed by atoms with Gasteiger partial charge in [-0.1, -0.05) is 6.07 Å². The zero-order valence-electron chi connectivity index (χ0n) is 14.8. The Morgan fingerprint density at radius 1 is 1.40 bits per heavy atom. The maximum absolute atomic E-state index is 12.8. The van der Waals surface area contributed by atoms with Crippen molar-refractivity contribution >= 4 is 5.65 Å². The highest BCUT2D eigenvalue weighted by Crippen LogP contribution is 2.20. The molecule has 0 aliphatic carbocycles. The quantitative estimate of drug-likeness (QED) is 0.782. The molecule has 3 aromatic heterocycles. The number of pyridine rings is 1. The minimum absolute atomic E-state index is 0.0446. The van der Waals surface area contributed by atoms with E-state index in [0.29, 0.717) is 19.0 Å². The molecule has 0 amide bonds. The number of aromatic nitrogens is 5. The number of aryl methyl sites for hydroxylation is 1. The molecule has 0 unspecified atom stereocenters. The number of hydrogen-bond acceptors (Lipinski definition) is 4. The fourth-order valence-electron chi connectivity index (χ4n) is 3.67. The molecular weight excluding hydrogens is 316 g/mol. The van der Waals surface area contributed by atoms with Crippen molar-refractivity contribution in [3.63, 3.8) is 0 Å². The molecule has 1 atom stereocenters. The average Bonchev–Trinajstić information content (AvgIpc) is 3.18. The molecule has 0 saturated carbocycles. The number of rotatable bonds is 4. The van der Waals surface area contributed by atoms with Crippen molar-refractivity contribution in [3.8, 4) is 0 Å². The van der Waals surface area contributed by atoms with E-state index < -0.39 is 0 Å². The van der Waals surface area contributed by atoms with Gasteiger partial charge < -0.3 is 9.72 Å². The fraction of sp³-hybridized carbons (Fsp3) is 0.500. The van der Waals surface area contributed by atoms with Gasteiger partial charge in [-0.25, -0.2) is 14.5 Å². The van der Waals surface area contributed by atoms with E-state index in [4.69, 9.17) is 0 Å². The van der Waals surface area contributed by atoms with Crippen LogP contribution >= 0.6 is 0 Å². The number of imidazole rings is 1. The molecule has 3 aromatic rings. The third-order valence-corrected chi connectivity index (χ3v) is 4.97. The zero-order chi connectivity index (χ0) is 17.4. The number of hydrogen-bond donors (Lipinski definition) is 1. The van der Waals surface area contributed by atoms with Crippen molar-refractivity contribution in [2.75, 3.05) is 13.1 Å². The van der Waals surface area contributed by atoms with Crippen molar-refractivity contribution in [3.05, 3.63) is 52.1 Å². The lowest BCUT2D eigenvalue weighted by atomic mass is 9.99. The number of nitrogens with one attached hydrogen (secondary N) is 1. The van der Waals surface area contributed by atoms with E-state index in [1.54, 1.807) is 9.25 Å². The lowest BCUT2D eigenvalue weighted by molar-refractivity contribution is 0.431. The summed E-state index contributed by atoms with van der Waals surface area (Å²) in [5.41, 5.74) is 2.86. The number of nitrogens with zero attached hydrogens (tertiary/aromatic N) is 5. The van der Waals surface area contributed by atoms with Crippen LogP contribution in [0, 0.1) is 6.92 Å². The Morgan fingerprint density at radius 3 is 3.00 bits per heavy atom. The Bertz CT molecular complexity index is 944. The third-order valence-electron chi connectivity index (χ3n) is 4.97. The first kappa shape index (κ1) is 16.1. The van der Waals surface area contributed by atoms with E-state index in [-0.39, 0.29) is 5.69 Å². The molecule has 4 rings (SSSR count). The number of fused-ring (bicyclic) bond motifs is 1. The predicted octanol–water partition coefficient (Wildman–Crippen LogP) is 1.54. The first-order chi connectivity index (χ1) is 12.2. The second-order valence-electron chi connectivity index (χ2n) is 6.74. The Balaban J connectivity index is 1.68. The first-order valence-corrected chi connectivity index (χ1v) is 8.99. The maximum Gasteiger partial charge on any atom is 0.346 e. The van der Waals surface area contributed by atoms with Gasteiger partial charge in [0.25, 0.3) is 0 Å². The molecule has 4 heterocycles. The van der Waals surface area contributed by atoms with Crippen LogP contribution in [0.2, 0.25) is 0 Å². The topological polar surface area (TPSA) is 69.2 Å². The third kappa shape index (κ3) is 2.89. The smallest absolute Gasteiger partial charge is 0.316 e. The molecule has 7 nitrogen and oxygen atoms in total. The summed E-state index contributed by atoms with van der Waals surface area (Å²) in [6, 6.07) is 4.04. The Hall–Kier alpha value is -2.41. The van der Waals surface area contributed by atoms with Gasteiger partial charge in [-0.15, -0.1) is 0 Å². The molecule has 0 radical (unpaired) electrons. The average molecular weight is 340 g/mol. The normalized spacial score (nSPS) is 18.1. The molecule has 1 N–H and O–H groups in total. The highest BCUT2D eigenvalue weighted by atomic mass is 16.2. The van der Waals surface area contributed by atoms with Crippen molar-refractivity contribution < 1.29 is 0 Å². The highest BCUT2D eigenvalue weighted by Gasteiger charge is 2.23. The summed E-state index contributed by atoms with van der Waals surface area (Å²) in [5, 5.41) is 8.08. The molecule has 132 valence electrons. The van der Waals surface area contributed by atoms with Gasteiger partial charge in [0.2, 0.25) is 0 Å². The minimum atomic E-state index is -0.0446. The van der Waals surface area contributed by atoms with Gasteiger partial charge in [0.1, 0.15) is 11.5 Å². The van der Waals surface area contributed by atoms with Crippen LogP contribution in [-0.2, 0) is 13.1 Å². The maximum atomic E-state index is 12.8. The van der Waals surface area contributed by atoms with Crippen molar-refractivity contribution in [1.29, 1.82) is 0 Å². The van der Waals surface area contributed by atoms with Crippen LogP contribution in [0.3, 0.4) is 0 Å². The Kier molecular flexibility index (Phi) is 4.17. The molecule has 0 spiro atoms. The molecule has 1 fully saturated rings. The van der Waals surface area contributed by atoms with Gasteiger partial charge in [0.05, 0.1) is 12.2 Å². The molecule has 0 aromatic carbocycles. The predicted molar refractivity (Wildman–Crippen MR) is 96.0 cm³/mol. The van der Waals surface area contributed by atoms with Crippen LogP contribution in [0.5, 0.6) is 0 Å². The molecule has 1 aliphatic heterocycles. The standard InChI is InChI=1S/C18H24N6O/c1-3-23-17(14-7-4-8-19-10-14)21-24(18(23)25)12-15-11-22-9-5-6-13(2)16(22)20-15/h5-6,9,11,14,19H,3-4,7-8,10,12H2,1-2H3/t14-/m1/s1. The summed E-state index contributed by atoms with van der Waals surface area (Å²) in [6.07, 6.45) is 6.16. The summed E-state index contributed by atoms with van der Waals surface area (Å²) in [6.45, 7) is 7.03. The first-order valence-electron chi connectivity index (χ1n) is 8.99. The summed E-state index contributed by atoms with van der Waals surface area (Å²) in [4.78, 5) is 17.4. The van der Waals surface area contributed by atoms with E-state index in [0.717, 1.165) is 48.7 Å². The monoisotopic (exact) mass is 340 g/mol. The number of piperidine rings is 1. The molecule has 7 heteroatoms. The van der Waals surface area contributed by atoms with E-state index >= 15 is 0 Å². The Morgan fingerprint density at radius 2 is 2.28 bits per heavy atom. The second kappa shape index (κ2) is 6.48. The van der Waals surface area contributed by atoms with Gasteiger partial charge in [0.15, 0.2) is 0 Å². The lowest BCUT2D eigenvalue weighted by Crippen LogP contribution is -2.31. The van der Waals surface area contributed by atoms with E-state index in [9.17, 15) is 4.79 Å². The summed E-state index contributed by atoms with van der Waals surface area (Å²) in [7, 11) is 0. The zero-order valence-corrected chi connectivity index (χ0v) is 14.8. The summed E-state index contributed by atoms with van der Waals surface area (Å²) < 4.78 is 5.36. The van der Waals surface area contributed by atoms with Gasteiger partial charge in [-0.05, 0) is 44.9 Å². The van der Waals surface area contributed by atoms with Gasteiger partial charge in [-0.3, -0.25) is 4.57 Å². The van der Waals surface area contributed by atoms with Gasteiger partial charge in [0, 0.05) is 31.4 Å². The van der Waals surface area contributed by atoms with Gasteiger partial charge >= 0.3 is 5.69 Å². The van der Waals surface area contributed by atoms with E-state index in [1.807, 2.05) is 42.8 Å². The minimum Gasteiger partial charge on any atom is -0.316 e. The van der Waals surface area contributed by atoms with Crippen LogP contribution in [0.15, 0.2) is 29.3 Å². The highest BCUT2D eigenvalue weighted by molar-refractivity contribution is 5.47. The molecule has 1 aliphatic rings. The van der Waals surface area contributed by atoms with Crippen LogP contribution in [0.1, 0.15) is 42.8 Å². The fourth-order valence-corrected chi connectivity index (χ4v) is 3.67. The van der Waals surface area contributed by atoms with Crippen LogP contribution < -0.4 is 11.0 Å². The summed E-state index contributed by atoms with van der Waals surface area (Å²) >= 11 is 0. The molecule has 0 bridgehead atoms. The largest absolute Gasteiger partial charge is 0.346 e. The van der Waals surface area contributed by atoms with Gasteiger partial charge in [-0.2, -0.15) is 5.10 Å². The molecule has 25 heavy (non-hydrogen) atoms. The lowest BCUT2D eigenvalue weighted by Gasteiger charge is -2.21. The molecule has 1 saturated heterocycles. The van der Waals surface area contributed by atoms with E-state index in [1.165, 1.54) is 0 Å². The van der Waals surface area contributed by atoms with Crippen LogP contribution in [0.4, 0.5) is 0 Å². The second-order valence-corrected chi connectivity index (χ2v) is 6.74. The van der Waals surface area contributed by atoms with Crippen LogP contribution in [-0.4, -0.2) is 36.8 Å². The van der Waals surface area contributed by atoms with Crippen molar-refractivity contribution in [1.82, 2.24) is 29.0 Å². The molecular formula is C18H24N6O. The van der Waals surface area contributed by atoms with E-state index in [2.05, 4.69) is 15.4 Å². The SMILES string of the molecule is CCn1c([C@@H]2CCCNC2)nn(Cc2cn3cccc(C)c3n2)c1=O. The Labute approximate surface area is 146 Å². The van der Waals surface area contributed by atoms with Crippen molar-refractivity contribution in [2.45, 2.75) is 45.7 Å². The summed E-state index contributed by atoms with van der Waals surface area (Å²) in [5.74, 6) is 1.21. The van der Waals surface area contributed by atoms with Crippen LogP contribution in [0.25, 0.3) is 5.65 Å².